The Morgan fingerprint density at radius 2 is 1.71 bits per heavy atom. The molecule has 10 heteroatoms. The summed E-state index contributed by atoms with van der Waals surface area (Å²) in [4.78, 5) is 8.56. The molecule has 0 saturated heterocycles. The van der Waals surface area contributed by atoms with Gasteiger partial charge in [0.2, 0.25) is 0 Å². The second kappa shape index (κ2) is 8.95. The summed E-state index contributed by atoms with van der Waals surface area (Å²) in [7, 11) is 1.51. The van der Waals surface area contributed by atoms with Gasteiger partial charge in [-0.25, -0.2) is 9.97 Å². The molecule has 35 heavy (non-hydrogen) atoms. The first-order valence-electron chi connectivity index (χ1n) is 10.5. The average molecular weight is 484 g/mol. The van der Waals surface area contributed by atoms with Crippen molar-refractivity contribution in [1.82, 2.24) is 9.97 Å². The SMILES string of the molecule is COc1cc2ncnc(Nc3ccc(Oc4cccc(C(F)(F)F)c4)cc3C(C)(C)O)c2cc1N. The molecule has 0 amide bonds. The van der Waals surface area contributed by atoms with Crippen LogP contribution in [0.3, 0.4) is 0 Å². The molecule has 7 nitrogen and oxygen atoms in total. The van der Waals surface area contributed by atoms with Crippen molar-refractivity contribution >= 4 is 28.1 Å². The van der Waals surface area contributed by atoms with Crippen molar-refractivity contribution in [2.45, 2.75) is 25.6 Å². The van der Waals surface area contributed by atoms with Crippen LogP contribution in [0.4, 0.5) is 30.4 Å². The van der Waals surface area contributed by atoms with Gasteiger partial charge >= 0.3 is 6.18 Å². The Labute approximate surface area is 199 Å². The number of halogens is 3. The number of nitrogen functional groups attached to an aromatic ring is 1. The Morgan fingerprint density at radius 3 is 2.40 bits per heavy atom. The van der Waals surface area contributed by atoms with E-state index in [1.165, 1.54) is 25.6 Å². The largest absolute Gasteiger partial charge is 0.495 e. The minimum absolute atomic E-state index is 0.0217. The molecule has 4 rings (SSSR count). The molecule has 1 heterocycles. The maximum atomic E-state index is 13.0. The molecule has 4 aromatic rings. The summed E-state index contributed by atoms with van der Waals surface area (Å²) in [6, 6.07) is 12.8. The lowest BCUT2D eigenvalue weighted by molar-refractivity contribution is -0.137. The van der Waals surface area contributed by atoms with Crippen LogP contribution in [0.25, 0.3) is 10.9 Å². The fraction of sp³-hybridized carbons (Fsp3) is 0.200. The van der Waals surface area contributed by atoms with Crippen LogP contribution >= 0.6 is 0 Å². The highest BCUT2D eigenvalue weighted by atomic mass is 19.4. The molecule has 0 spiro atoms. The van der Waals surface area contributed by atoms with Crippen molar-refractivity contribution in [2.24, 2.45) is 0 Å². The number of aromatic nitrogens is 2. The number of rotatable bonds is 6. The molecule has 0 saturated carbocycles. The third kappa shape index (κ3) is 5.22. The van der Waals surface area contributed by atoms with Crippen LogP contribution in [-0.4, -0.2) is 22.2 Å². The standard InChI is InChI=1S/C25H23F3N4O3/c1-24(2,33)18-10-16(35-15-6-4-5-14(9-15)25(26,27)28)7-8-20(18)32-23-17-11-19(29)22(34-3)12-21(17)30-13-31-23/h4-13,33H,29H2,1-3H3,(H,30,31,32). The third-order valence-electron chi connectivity index (χ3n) is 5.29. The van der Waals surface area contributed by atoms with Gasteiger partial charge in [-0.15, -0.1) is 0 Å². The number of ether oxygens (including phenoxy) is 2. The molecule has 0 fully saturated rings. The molecule has 3 aromatic carbocycles. The second-order valence-electron chi connectivity index (χ2n) is 8.35. The summed E-state index contributed by atoms with van der Waals surface area (Å²) < 4.78 is 50.0. The van der Waals surface area contributed by atoms with Crippen molar-refractivity contribution in [3.8, 4) is 17.2 Å². The van der Waals surface area contributed by atoms with Crippen molar-refractivity contribution in [3.05, 3.63) is 72.1 Å². The number of nitrogens with one attached hydrogen (secondary N) is 1. The molecule has 182 valence electrons. The first kappa shape index (κ1) is 24.1. The van der Waals surface area contributed by atoms with Gasteiger partial charge < -0.3 is 25.6 Å². The number of fused-ring (bicyclic) bond motifs is 1. The molecule has 0 radical (unpaired) electrons. The van der Waals surface area contributed by atoms with Crippen LogP contribution in [0.15, 0.2) is 60.9 Å². The lowest BCUT2D eigenvalue weighted by Crippen LogP contribution is -2.18. The summed E-state index contributed by atoms with van der Waals surface area (Å²) in [6.45, 7) is 3.17. The van der Waals surface area contributed by atoms with E-state index in [-0.39, 0.29) is 11.5 Å². The Hall–Kier alpha value is -4.05. The van der Waals surface area contributed by atoms with Gasteiger partial charge in [-0.1, -0.05) is 6.07 Å². The van der Waals surface area contributed by atoms with E-state index in [1.807, 2.05) is 0 Å². The highest BCUT2D eigenvalue weighted by molar-refractivity contribution is 5.94. The second-order valence-corrected chi connectivity index (χ2v) is 8.35. The van der Waals surface area contributed by atoms with Gasteiger partial charge in [0.25, 0.3) is 0 Å². The zero-order valence-corrected chi connectivity index (χ0v) is 19.1. The van der Waals surface area contributed by atoms with Gasteiger partial charge in [0.15, 0.2) is 0 Å². The first-order valence-corrected chi connectivity index (χ1v) is 10.5. The molecule has 0 aliphatic carbocycles. The Morgan fingerprint density at radius 1 is 0.971 bits per heavy atom. The zero-order chi connectivity index (χ0) is 25.4. The van der Waals surface area contributed by atoms with Crippen molar-refractivity contribution in [1.29, 1.82) is 0 Å². The molecule has 0 bridgehead atoms. The fourth-order valence-electron chi connectivity index (χ4n) is 3.58. The lowest BCUT2D eigenvalue weighted by atomic mass is 9.96. The average Bonchev–Trinajstić information content (AvgIpc) is 2.79. The van der Waals surface area contributed by atoms with E-state index in [0.29, 0.717) is 39.4 Å². The first-order chi connectivity index (χ1) is 16.5. The molecule has 4 N–H and O–H groups in total. The summed E-state index contributed by atoms with van der Waals surface area (Å²) in [5, 5.41) is 14.6. The predicted octanol–water partition coefficient (Wildman–Crippen LogP) is 6.00. The molecular weight excluding hydrogens is 461 g/mol. The number of nitrogens with two attached hydrogens (primary N) is 1. The maximum absolute atomic E-state index is 13.0. The monoisotopic (exact) mass is 484 g/mol. The topological polar surface area (TPSA) is 103 Å². The van der Waals surface area contributed by atoms with Crippen molar-refractivity contribution in [2.75, 3.05) is 18.2 Å². The van der Waals surface area contributed by atoms with Crippen LogP contribution in [0.2, 0.25) is 0 Å². The number of alkyl halides is 3. The molecule has 0 atom stereocenters. The van der Waals surface area contributed by atoms with E-state index >= 15 is 0 Å². The lowest BCUT2D eigenvalue weighted by Gasteiger charge is -2.23. The summed E-state index contributed by atoms with van der Waals surface area (Å²) >= 11 is 0. The molecule has 1 aromatic heterocycles. The number of anilines is 3. The van der Waals surface area contributed by atoms with Crippen LogP contribution in [0.5, 0.6) is 17.2 Å². The van der Waals surface area contributed by atoms with Gasteiger partial charge in [0.05, 0.1) is 29.5 Å². The highest BCUT2D eigenvalue weighted by Crippen LogP contribution is 2.38. The van der Waals surface area contributed by atoms with Crippen LogP contribution in [-0.2, 0) is 11.8 Å². The smallest absolute Gasteiger partial charge is 0.416 e. The number of hydrogen-bond acceptors (Lipinski definition) is 7. The number of aliphatic hydroxyl groups is 1. The number of benzene rings is 3. The highest BCUT2D eigenvalue weighted by Gasteiger charge is 2.30. The molecule has 0 aliphatic heterocycles. The van der Waals surface area contributed by atoms with Crippen molar-refractivity contribution in [3.63, 3.8) is 0 Å². The van der Waals surface area contributed by atoms with E-state index in [1.54, 1.807) is 44.2 Å². The maximum Gasteiger partial charge on any atom is 0.416 e. The fourth-order valence-corrected chi connectivity index (χ4v) is 3.58. The van der Waals surface area contributed by atoms with Gasteiger partial charge in [-0.3, -0.25) is 0 Å². The van der Waals surface area contributed by atoms with E-state index < -0.39 is 17.3 Å². The normalized spacial score (nSPS) is 12.0. The predicted molar refractivity (Wildman–Crippen MR) is 127 cm³/mol. The quantitative estimate of drug-likeness (QED) is 0.288. The molecule has 0 aliphatic rings. The Balaban J connectivity index is 1.70. The van der Waals surface area contributed by atoms with E-state index in [2.05, 4.69) is 15.3 Å². The van der Waals surface area contributed by atoms with Crippen LogP contribution in [0, 0.1) is 0 Å². The molecular formula is C25H23F3N4O3. The molecule has 0 unspecified atom stereocenters. The zero-order valence-electron chi connectivity index (χ0n) is 19.1. The summed E-state index contributed by atoms with van der Waals surface area (Å²) in [5.74, 6) is 1.21. The van der Waals surface area contributed by atoms with E-state index in [9.17, 15) is 18.3 Å². The third-order valence-corrected chi connectivity index (χ3v) is 5.29. The summed E-state index contributed by atoms with van der Waals surface area (Å²) in [5.41, 5.74) is 5.88. The van der Waals surface area contributed by atoms with Gasteiger partial charge in [0, 0.05) is 22.7 Å². The summed E-state index contributed by atoms with van der Waals surface area (Å²) in [6.07, 6.45) is -3.10. The number of methoxy groups -OCH3 is 1. The van der Waals surface area contributed by atoms with Crippen molar-refractivity contribution < 1.29 is 27.8 Å². The van der Waals surface area contributed by atoms with Gasteiger partial charge in [0.1, 0.15) is 29.4 Å². The van der Waals surface area contributed by atoms with Crippen LogP contribution < -0.4 is 20.5 Å². The Bertz CT molecular complexity index is 1380. The van der Waals surface area contributed by atoms with E-state index in [0.717, 1.165) is 12.1 Å². The Kier molecular flexibility index (Phi) is 6.16. The van der Waals surface area contributed by atoms with Gasteiger partial charge in [-0.05, 0) is 56.3 Å². The minimum Gasteiger partial charge on any atom is -0.495 e. The number of nitrogens with zero attached hydrogens (tertiary/aromatic N) is 2. The minimum atomic E-state index is -4.49. The van der Waals surface area contributed by atoms with Crippen LogP contribution in [0.1, 0.15) is 25.0 Å². The number of hydrogen-bond donors (Lipinski definition) is 3. The van der Waals surface area contributed by atoms with Gasteiger partial charge in [-0.2, -0.15) is 13.2 Å². The van der Waals surface area contributed by atoms with E-state index in [4.69, 9.17) is 15.2 Å².